The Morgan fingerprint density at radius 2 is 2.00 bits per heavy atom. The van der Waals surface area contributed by atoms with E-state index in [1.807, 2.05) is 0 Å². The van der Waals surface area contributed by atoms with Gasteiger partial charge in [-0.3, -0.25) is 4.90 Å². The fourth-order valence-corrected chi connectivity index (χ4v) is 2.60. The monoisotopic (exact) mass is 299 g/mol. The molecule has 0 aliphatic carbocycles. The smallest absolute Gasteiger partial charge is 0.182 e. The highest BCUT2D eigenvalue weighted by atomic mass is 32.1. The molecule has 0 saturated carbocycles. The van der Waals surface area contributed by atoms with Crippen molar-refractivity contribution in [2.75, 3.05) is 25.0 Å². The zero-order valence-electron chi connectivity index (χ0n) is 11.5. The van der Waals surface area contributed by atoms with Gasteiger partial charge in [0.15, 0.2) is 11.6 Å². The molecule has 0 amide bonds. The quantitative estimate of drug-likeness (QED) is 0.820. The average molecular weight is 299 g/mol. The Kier molecular flexibility index (Phi) is 4.88. The normalized spacial score (nSPS) is 17.1. The Labute approximate surface area is 123 Å². The van der Waals surface area contributed by atoms with Crippen molar-refractivity contribution >= 4 is 22.9 Å². The number of nitrogens with zero attached hydrogens (tertiary/aromatic N) is 1. The molecule has 1 aromatic carbocycles. The molecule has 20 heavy (non-hydrogen) atoms. The lowest BCUT2D eigenvalue weighted by Gasteiger charge is -2.24. The number of benzene rings is 1. The number of likely N-dealkylation sites (tertiary alicyclic amines) is 1. The molecule has 1 aromatic rings. The third-order valence-electron chi connectivity index (χ3n) is 3.70. The van der Waals surface area contributed by atoms with Crippen molar-refractivity contribution in [2.24, 2.45) is 5.73 Å². The van der Waals surface area contributed by atoms with Gasteiger partial charge in [-0.15, -0.1) is 0 Å². The van der Waals surface area contributed by atoms with Crippen molar-refractivity contribution in [3.8, 4) is 0 Å². The molecule has 1 heterocycles. The van der Waals surface area contributed by atoms with E-state index < -0.39 is 11.6 Å². The zero-order chi connectivity index (χ0) is 14.7. The van der Waals surface area contributed by atoms with Gasteiger partial charge < -0.3 is 11.1 Å². The van der Waals surface area contributed by atoms with Crippen LogP contribution < -0.4 is 11.1 Å². The highest BCUT2D eigenvalue weighted by molar-refractivity contribution is 7.80. The number of hydrogen-bond acceptors (Lipinski definition) is 3. The molecule has 3 nitrogen and oxygen atoms in total. The van der Waals surface area contributed by atoms with Gasteiger partial charge in [0.1, 0.15) is 4.99 Å². The summed E-state index contributed by atoms with van der Waals surface area (Å²) in [6.45, 7) is 4.79. The number of rotatable bonds is 5. The summed E-state index contributed by atoms with van der Waals surface area (Å²) in [5, 5.41) is 2.96. The summed E-state index contributed by atoms with van der Waals surface area (Å²) in [6, 6.07) is 3.17. The first-order chi connectivity index (χ1) is 9.50. The Morgan fingerprint density at radius 1 is 1.35 bits per heavy atom. The summed E-state index contributed by atoms with van der Waals surface area (Å²) in [4.78, 5) is 2.20. The van der Waals surface area contributed by atoms with Crippen LogP contribution in [0.15, 0.2) is 12.1 Å². The molecule has 1 saturated heterocycles. The first-order valence-corrected chi connectivity index (χ1v) is 7.17. The summed E-state index contributed by atoms with van der Waals surface area (Å²) in [7, 11) is 0. The second-order valence-corrected chi connectivity index (χ2v) is 5.57. The molecule has 0 bridgehead atoms. The standard InChI is InChI=1S/C14H19F2N3S/c1-9(19-6-2-3-7-19)8-18-11-5-4-10(14(17)20)12(15)13(11)16/h4-5,9,18H,2-3,6-8H2,1H3,(H2,17,20). The van der Waals surface area contributed by atoms with Gasteiger partial charge in [-0.1, -0.05) is 12.2 Å². The molecule has 1 fully saturated rings. The zero-order valence-corrected chi connectivity index (χ0v) is 12.3. The van der Waals surface area contributed by atoms with Gasteiger partial charge in [0, 0.05) is 18.2 Å². The lowest BCUT2D eigenvalue weighted by atomic mass is 10.1. The first kappa shape index (κ1) is 15.1. The number of nitrogens with two attached hydrogens (primary N) is 1. The second-order valence-electron chi connectivity index (χ2n) is 5.13. The second kappa shape index (κ2) is 6.45. The van der Waals surface area contributed by atoms with Crippen LogP contribution in [0, 0.1) is 11.6 Å². The molecule has 110 valence electrons. The largest absolute Gasteiger partial charge is 0.389 e. The van der Waals surface area contributed by atoms with E-state index in [1.165, 1.54) is 25.0 Å². The highest BCUT2D eigenvalue weighted by Gasteiger charge is 2.19. The maximum Gasteiger partial charge on any atom is 0.182 e. The number of halogens is 2. The molecule has 3 N–H and O–H groups in total. The van der Waals surface area contributed by atoms with Crippen LogP contribution in [0.4, 0.5) is 14.5 Å². The van der Waals surface area contributed by atoms with Gasteiger partial charge in [0.05, 0.1) is 5.69 Å². The fraction of sp³-hybridized carbons (Fsp3) is 0.500. The Balaban J connectivity index is 2.02. The van der Waals surface area contributed by atoms with Crippen molar-refractivity contribution in [1.82, 2.24) is 4.90 Å². The van der Waals surface area contributed by atoms with E-state index in [0.717, 1.165) is 13.1 Å². The van der Waals surface area contributed by atoms with Gasteiger partial charge in [-0.05, 0) is 45.0 Å². The molecule has 1 aliphatic rings. The topological polar surface area (TPSA) is 41.3 Å². The van der Waals surface area contributed by atoms with Crippen LogP contribution in [0.5, 0.6) is 0 Å². The minimum absolute atomic E-state index is 0.0596. The van der Waals surface area contributed by atoms with Crippen molar-refractivity contribution in [3.63, 3.8) is 0 Å². The maximum atomic E-state index is 13.9. The highest BCUT2D eigenvalue weighted by Crippen LogP contribution is 2.21. The molecular weight excluding hydrogens is 280 g/mol. The van der Waals surface area contributed by atoms with Crippen LogP contribution in [-0.4, -0.2) is 35.6 Å². The average Bonchev–Trinajstić information content (AvgIpc) is 2.93. The van der Waals surface area contributed by atoms with E-state index in [-0.39, 0.29) is 22.3 Å². The Morgan fingerprint density at radius 3 is 2.60 bits per heavy atom. The number of hydrogen-bond donors (Lipinski definition) is 2. The van der Waals surface area contributed by atoms with Crippen molar-refractivity contribution in [1.29, 1.82) is 0 Å². The lowest BCUT2D eigenvalue weighted by Crippen LogP contribution is -2.35. The van der Waals surface area contributed by atoms with Gasteiger partial charge >= 0.3 is 0 Å². The Hall–Kier alpha value is -1.27. The summed E-state index contributed by atoms with van der Waals surface area (Å²) < 4.78 is 27.6. The lowest BCUT2D eigenvalue weighted by molar-refractivity contribution is 0.269. The predicted molar refractivity (Wildman–Crippen MR) is 81.0 cm³/mol. The van der Waals surface area contributed by atoms with Gasteiger partial charge in [0.2, 0.25) is 0 Å². The van der Waals surface area contributed by atoms with Crippen LogP contribution in [0.1, 0.15) is 25.3 Å². The van der Waals surface area contributed by atoms with Gasteiger partial charge in [0.25, 0.3) is 0 Å². The molecule has 0 spiro atoms. The van der Waals surface area contributed by atoms with Gasteiger partial charge in [-0.25, -0.2) is 8.78 Å². The number of anilines is 1. The summed E-state index contributed by atoms with van der Waals surface area (Å²) in [5.41, 5.74) is 5.42. The SMILES string of the molecule is CC(CNc1ccc(C(N)=S)c(F)c1F)N1CCCC1. The maximum absolute atomic E-state index is 13.9. The molecule has 1 atom stereocenters. The third kappa shape index (κ3) is 3.24. The molecular formula is C14H19F2N3S. The predicted octanol–water partition coefficient (Wildman–Crippen LogP) is 2.50. The molecule has 0 aromatic heterocycles. The van der Waals surface area contributed by atoms with Crippen LogP contribution in [0.2, 0.25) is 0 Å². The van der Waals surface area contributed by atoms with E-state index in [9.17, 15) is 8.78 Å². The summed E-state index contributed by atoms with van der Waals surface area (Å²) in [6.07, 6.45) is 2.41. The molecule has 0 radical (unpaired) electrons. The molecule has 1 unspecified atom stereocenters. The van der Waals surface area contributed by atoms with Crippen LogP contribution >= 0.6 is 12.2 Å². The molecule has 1 aliphatic heterocycles. The minimum atomic E-state index is -0.990. The first-order valence-electron chi connectivity index (χ1n) is 6.76. The van der Waals surface area contributed by atoms with Crippen LogP contribution in [0.3, 0.4) is 0 Å². The molecule has 2 rings (SSSR count). The number of nitrogens with one attached hydrogen (secondary N) is 1. The third-order valence-corrected chi connectivity index (χ3v) is 3.92. The Bertz CT molecular complexity index is 501. The van der Waals surface area contributed by atoms with Crippen molar-refractivity contribution in [2.45, 2.75) is 25.8 Å². The minimum Gasteiger partial charge on any atom is -0.389 e. The van der Waals surface area contributed by atoms with Crippen molar-refractivity contribution in [3.05, 3.63) is 29.3 Å². The summed E-state index contributed by atoms with van der Waals surface area (Å²) >= 11 is 4.68. The van der Waals surface area contributed by atoms with E-state index in [4.69, 9.17) is 5.73 Å². The van der Waals surface area contributed by atoms with Crippen molar-refractivity contribution < 1.29 is 8.78 Å². The summed E-state index contributed by atoms with van der Waals surface area (Å²) in [5.74, 6) is -1.92. The van der Waals surface area contributed by atoms with Gasteiger partial charge in [-0.2, -0.15) is 0 Å². The van der Waals surface area contributed by atoms with E-state index in [1.54, 1.807) is 0 Å². The molecule has 6 heteroatoms. The van der Waals surface area contributed by atoms with E-state index in [0.29, 0.717) is 6.54 Å². The van der Waals surface area contributed by atoms with Crippen LogP contribution in [0.25, 0.3) is 0 Å². The van der Waals surface area contributed by atoms with E-state index in [2.05, 4.69) is 29.4 Å². The number of thiocarbonyl (C=S) groups is 1. The van der Waals surface area contributed by atoms with Crippen LogP contribution in [-0.2, 0) is 0 Å². The van der Waals surface area contributed by atoms with E-state index >= 15 is 0 Å². The fourth-order valence-electron chi connectivity index (χ4n) is 2.45.